The van der Waals surface area contributed by atoms with Gasteiger partial charge in [-0.15, -0.1) is 0 Å². The van der Waals surface area contributed by atoms with Gasteiger partial charge in [0.25, 0.3) is 0 Å². The molecule has 0 atom stereocenters. The van der Waals surface area contributed by atoms with Crippen molar-refractivity contribution in [3.8, 4) is 5.75 Å². The van der Waals surface area contributed by atoms with Gasteiger partial charge in [0.05, 0.1) is 24.6 Å². The van der Waals surface area contributed by atoms with Crippen LogP contribution in [0.2, 0.25) is 0 Å². The van der Waals surface area contributed by atoms with E-state index in [2.05, 4.69) is 43.5 Å². The highest BCUT2D eigenvalue weighted by atomic mass is 79.9. The van der Waals surface area contributed by atoms with Crippen molar-refractivity contribution in [2.45, 2.75) is 26.2 Å². The van der Waals surface area contributed by atoms with E-state index in [0.29, 0.717) is 6.61 Å². The van der Waals surface area contributed by atoms with Crippen molar-refractivity contribution in [3.63, 3.8) is 0 Å². The molecule has 0 spiro atoms. The smallest absolute Gasteiger partial charge is 0.310 e. The zero-order chi connectivity index (χ0) is 13.5. The van der Waals surface area contributed by atoms with Crippen LogP contribution in [-0.2, 0) is 16.0 Å². The Morgan fingerprint density at radius 3 is 2.67 bits per heavy atom. The van der Waals surface area contributed by atoms with Crippen LogP contribution in [0.5, 0.6) is 5.75 Å². The third-order valence-corrected chi connectivity index (χ3v) is 3.44. The van der Waals surface area contributed by atoms with E-state index in [9.17, 15) is 4.79 Å². The molecule has 0 aliphatic heterocycles. The maximum atomic E-state index is 11.4. The fourth-order valence-corrected chi connectivity index (χ4v) is 2.88. The number of benzene rings is 1. The van der Waals surface area contributed by atoms with E-state index in [-0.39, 0.29) is 12.4 Å². The lowest BCUT2D eigenvalue weighted by Gasteiger charge is -2.13. The molecule has 0 amide bonds. The topological polar surface area (TPSA) is 35.5 Å². The second kappa shape index (κ2) is 7.79. The van der Waals surface area contributed by atoms with Crippen LogP contribution in [0.4, 0.5) is 0 Å². The molecule has 1 aromatic carbocycles. The first kappa shape index (κ1) is 15.5. The number of hydrogen-bond acceptors (Lipinski definition) is 3. The second-order valence-corrected chi connectivity index (χ2v) is 5.60. The number of ether oxygens (including phenoxy) is 2. The molecule has 0 N–H and O–H groups in total. The molecular weight excluding hydrogens is 364 g/mol. The van der Waals surface area contributed by atoms with E-state index < -0.39 is 0 Å². The highest BCUT2D eigenvalue weighted by molar-refractivity contribution is 9.11. The van der Waals surface area contributed by atoms with Crippen LogP contribution in [0, 0.1) is 0 Å². The Hall–Kier alpha value is -0.550. The lowest BCUT2D eigenvalue weighted by atomic mass is 10.1. The number of carbonyl (C=O) groups excluding carboxylic acids is 1. The predicted molar refractivity (Wildman–Crippen MR) is 78.0 cm³/mol. The Morgan fingerprint density at radius 2 is 2.06 bits per heavy atom. The van der Waals surface area contributed by atoms with E-state index in [1.165, 1.54) is 7.11 Å². The van der Waals surface area contributed by atoms with Gasteiger partial charge in [-0.25, -0.2) is 0 Å². The summed E-state index contributed by atoms with van der Waals surface area (Å²) in [5, 5.41) is 0. The molecule has 0 bridgehead atoms. The quantitative estimate of drug-likeness (QED) is 0.551. The Labute approximate surface area is 124 Å². The lowest BCUT2D eigenvalue weighted by molar-refractivity contribution is -0.139. The van der Waals surface area contributed by atoms with Gasteiger partial charge in [-0.05, 0) is 34.5 Å². The van der Waals surface area contributed by atoms with E-state index in [0.717, 1.165) is 33.1 Å². The molecule has 0 heterocycles. The fourth-order valence-electron chi connectivity index (χ4n) is 1.45. The summed E-state index contributed by atoms with van der Waals surface area (Å²) >= 11 is 6.86. The summed E-state index contributed by atoms with van der Waals surface area (Å²) in [6.45, 7) is 2.75. The molecule has 3 nitrogen and oxygen atoms in total. The van der Waals surface area contributed by atoms with Crippen molar-refractivity contribution in [2.75, 3.05) is 13.7 Å². The van der Waals surface area contributed by atoms with Crippen molar-refractivity contribution in [1.29, 1.82) is 0 Å². The molecule has 0 aliphatic carbocycles. The molecule has 18 heavy (non-hydrogen) atoms. The molecule has 0 aliphatic rings. The Bertz CT molecular complexity index is 419. The number of carbonyl (C=O) groups is 1. The van der Waals surface area contributed by atoms with E-state index in [1.807, 2.05) is 12.1 Å². The van der Waals surface area contributed by atoms with Gasteiger partial charge in [-0.2, -0.15) is 0 Å². The monoisotopic (exact) mass is 378 g/mol. The molecule has 0 fully saturated rings. The van der Waals surface area contributed by atoms with Gasteiger partial charge in [0, 0.05) is 10.0 Å². The van der Waals surface area contributed by atoms with Crippen molar-refractivity contribution in [2.24, 2.45) is 0 Å². The highest BCUT2D eigenvalue weighted by Crippen LogP contribution is 2.33. The predicted octanol–water partition coefficient (Wildman–Crippen LogP) is 4.11. The minimum absolute atomic E-state index is 0.204. The van der Waals surface area contributed by atoms with Crippen LogP contribution in [0.15, 0.2) is 21.1 Å². The molecule has 0 saturated carbocycles. The maximum absolute atomic E-state index is 11.4. The van der Waals surface area contributed by atoms with E-state index in [1.54, 1.807) is 0 Å². The standard InChI is InChI=1S/C13H16Br2O3/c1-3-4-5-18-13-9(7-12(16)17-2)6-10(14)8-11(13)15/h6,8H,3-5,7H2,1-2H3. The van der Waals surface area contributed by atoms with Gasteiger partial charge in [0.1, 0.15) is 5.75 Å². The fraction of sp³-hybridized carbons (Fsp3) is 0.462. The van der Waals surface area contributed by atoms with Gasteiger partial charge in [-0.3, -0.25) is 4.79 Å². The van der Waals surface area contributed by atoms with Gasteiger partial charge in [0.15, 0.2) is 0 Å². The Kier molecular flexibility index (Phi) is 6.71. The summed E-state index contributed by atoms with van der Waals surface area (Å²) in [6.07, 6.45) is 2.26. The number of hydrogen-bond donors (Lipinski definition) is 0. The van der Waals surface area contributed by atoms with Crippen molar-refractivity contribution in [1.82, 2.24) is 0 Å². The summed E-state index contributed by atoms with van der Waals surface area (Å²) in [4.78, 5) is 11.4. The van der Waals surface area contributed by atoms with Gasteiger partial charge in [0.2, 0.25) is 0 Å². The zero-order valence-corrected chi connectivity index (χ0v) is 13.6. The second-order valence-electron chi connectivity index (χ2n) is 3.83. The molecule has 100 valence electrons. The normalized spacial score (nSPS) is 10.2. The van der Waals surface area contributed by atoms with Crippen LogP contribution in [-0.4, -0.2) is 19.7 Å². The lowest BCUT2D eigenvalue weighted by Crippen LogP contribution is -2.08. The summed E-state index contributed by atoms with van der Waals surface area (Å²) < 4.78 is 12.2. The molecule has 0 unspecified atom stereocenters. The van der Waals surface area contributed by atoms with Crippen molar-refractivity contribution < 1.29 is 14.3 Å². The Morgan fingerprint density at radius 1 is 1.33 bits per heavy atom. The Balaban J connectivity index is 2.93. The largest absolute Gasteiger partial charge is 0.492 e. The summed E-state index contributed by atoms with van der Waals surface area (Å²) in [5.41, 5.74) is 0.819. The first-order chi connectivity index (χ1) is 8.58. The van der Waals surface area contributed by atoms with Gasteiger partial charge >= 0.3 is 5.97 Å². The van der Waals surface area contributed by atoms with E-state index >= 15 is 0 Å². The van der Waals surface area contributed by atoms with Gasteiger partial charge in [-0.1, -0.05) is 29.3 Å². The van der Waals surface area contributed by atoms with Crippen LogP contribution in [0.25, 0.3) is 0 Å². The number of esters is 1. The van der Waals surface area contributed by atoms with Gasteiger partial charge < -0.3 is 9.47 Å². The van der Waals surface area contributed by atoms with E-state index in [4.69, 9.17) is 4.74 Å². The number of methoxy groups -OCH3 is 1. The SMILES string of the molecule is CCCCOc1c(Br)cc(Br)cc1CC(=O)OC. The molecule has 0 aromatic heterocycles. The molecule has 1 rings (SSSR count). The molecule has 0 radical (unpaired) electrons. The minimum atomic E-state index is -0.277. The third kappa shape index (κ3) is 4.61. The molecular formula is C13H16Br2O3. The molecule has 1 aromatic rings. The van der Waals surface area contributed by atoms with Crippen LogP contribution >= 0.6 is 31.9 Å². The first-order valence-electron chi connectivity index (χ1n) is 5.76. The molecule has 5 heteroatoms. The highest BCUT2D eigenvalue weighted by Gasteiger charge is 2.14. The van der Waals surface area contributed by atoms with Crippen LogP contribution < -0.4 is 4.74 Å². The summed E-state index contributed by atoms with van der Waals surface area (Å²) in [7, 11) is 1.38. The van der Waals surface area contributed by atoms with Crippen LogP contribution in [0.1, 0.15) is 25.3 Å². The van der Waals surface area contributed by atoms with Crippen LogP contribution in [0.3, 0.4) is 0 Å². The maximum Gasteiger partial charge on any atom is 0.310 e. The summed E-state index contributed by atoms with van der Waals surface area (Å²) in [6, 6.07) is 3.78. The van der Waals surface area contributed by atoms with Crippen molar-refractivity contribution in [3.05, 3.63) is 26.6 Å². The molecule has 0 saturated heterocycles. The van der Waals surface area contributed by atoms with Crippen molar-refractivity contribution >= 4 is 37.8 Å². The number of halogens is 2. The first-order valence-corrected chi connectivity index (χ1v) is 7.34. The average Bonchev–Trinajstić information content (AvgIpc) is 2.32. The average molecular weight is 380 g/mol. The zero-order valence-electron chi connectivity index (χ0n) is 10.5. The third-order valence-electron chi connectivity index (χ3n) is 2.39. The number of unbranched alkanes of at least 4 members (excludes halogenated alkanes) is 1. The number of rotatable bonds is 6. The minimum Gasteiger partial charge on any atom is -0.492 e. The summed E-state index contributed by atoms with van der Waals surface area (Å²) in [5.74, 6) is 0.442.